The van der Waals surface area contributed by atoms with E-state index in [2.05, 4.69) is 53.8 Å². The minimum Gasteiger partial charge on any atom is -0.381 e. The fourth-order valence-electron chi connectivity index (χ4n) is 2.55. The molecule has 1 saturated carbocycles. The second-order valence-corrected chi connectivity index (χ2v) is 5.66. The normalized spacial score (nSPS) is 14.1. The van der Waals surface area contributed by atoms with Gasteiger partial charge < -0.3 is 10.1 Å². The van der Waals surface area contributed by atoms with Crippen molar-refractivity contribution in [3.8, 4) is 0 Å². The first-order valence-electron chi connectivity index (χ1n) is 7.85. The summed E-state index contributed by atoms with van der Waals surface area (Å²) in [6, 6.07) is 17.4. The molecule has 0 saturated heterocycles. The molecule has 0 atom stereocenters. The maximum atomic E-state index is 5.52. The van der Waals surface area contributed by atoms with E-state index in [1.165, 1.54) is 29.5 Å². The van der Waals surface area contributed by atoms with Crippen molar-refractivity contribution in [3.63, 3.8) is 0 Å². The Hall–Kier alpha value is -1.80. The van der Waals surface area contributed by atoms with Gasteiger partial charge in [0.05, 0.1) is 6.61 Å². The Kier molecular flexibility index (Phi) is 4.56. The average Bonchev–Trinajstić information content (AvgIpc) is 3.37. The highest BCUT2D eigenvalue weighted by Crippen LogP contribution is 2.39. The van der Waals surface area contributed by atoms with Gasteiger partial charge in [0.15, 0.2) is 0 Å². The minimum atomic E-state index is 0.667. The summed E-state index contributed by atoms with van der Waals surface area (Å²) in [5.74, 6) is 0.832. The van der Waals surface area contributed by atoms with E-state index in [0.717, 1.165) is 24.8 Å². The molecule has 0 unspecified atom stereocenters. The largest absolute Gasteiger partial charge is 0.381 e. The molecule has 0 spiro atoms. The quantitative estimate of drug-likeness (QED) is 0.793. The Morgan fingerprint density at radius 3 is 2.52 bits per heavy atom. The number of para-hydroxylation sites is 1. The summed E-state index contributed by atoms with van der Waals surface area (Å²) < 4.78 is 5.52. The molecule has 2 aromatic rings. The Morgan fingerprint density at radius 1 is 1.05 bits per heavy atom. The van der Waals surface area contributed by atoms with Crippen molar-refractivity contribution in [1.82, 2.24) is 0 Å². The van der Waals surface area contributed by atoms with Crippen molar-refractivity contribution < 1.29 is 4.74 Å². The topological polar surface area (TPSA) is 21.3 Å². The van der Waals surface area contributed by atoms with Gasteiger partial charge >= 0.3 is 0 Å². The molecule has 1 aliphatic carbocycles. The fraction of sp³-hybridized carbons (Fsp3) is 0.368. The molecule has 0 aromatic heterocycles. The highest BCUT2D eigenvalue weighted by Gasteiger charge is 2.22. The van der Waals surface area contributed by atoms with Crippen molar-refractivity contribution in [3.05, 3.63) is 65.2 Å². The summed E-state index contributed by atoms with van der Waals surface area (Å²) >= 11 is 0. The lowest BCUT2D eigenvalue weighted by atomic mass is 10.1. The van der Waals surface area contributed by atoms with E-state index < -0.39 is 0 Å². The monoisotopic (exact) mass is 281 g/mol. The number of nitrogens with one attached hydrogen (secondary N) is 1. The van der Waals surface area contributed by atoms with Gasteiger partial charge in [-0.05, 0) is 42.9 Å². The van der Waals surface area contributed by atoms with E-state index in [0.29, 0.717) is 6.61 Å². The molecule has 1 aliphatic rings. The molecule has 0 radical (unpaired) electrons. The van der Waals surface area contributed by atoms with Crippen LogP contribution >= 0.6 is 0 Å². The second kappa shape index (κ2) is 6.77. The second-order valence-electron chi connectivity index (χ2n) is 5.66. The lowest BCUT2D eigenvalue weighted by Gasteiger charge is -2.12. The first-order chi connectivity index (χ1) is 10.4. The maximum absolute atomic E-state index is 5.52. The van der Waals surface area contributed by atoms with Crippen LogP contribution in [0.1, 0.15) is 42.4 Å². The number of ether oxygens (including phenoxy) is 1. The smallest absolute Gasteiger partial charge is 0.0736 e. The summed E-state index contributed by atoms with van der Waals surface area (Å²) in [5, 5.41) is 3.52. The van der Waals surface area contributed by atoms with Crippen LogP contribution in [0.4, 0.5) is 5.69 Å². The molecular weight excluding hydrogens is 258 g/mol. The van der Waals surface area contributed by atoms with Crippen molar-refractivity contribution in [2.45, 2.75) is 38.8 Å². The van der Waals surface area contributed by atoms with Gasteiger partial charge in [-0.3, -0.25) is 0 Å². The first kappa shape index (κ1) is 14.2. The Labute approximate surface area is 127 Å². The molecule has 0 heterocycles. The molecular formula is C19H23NO. The third-order valence-corrected chi connectivity index (χ3v) is 3.99. The number of benzene rings is 2. The van der Waals surface area contributed by atoms with E-state index in [4.69, 9.17) is 4.74 Å². The molecule has 1 fully saturated rings. The van der Waals surface area contributed by atoms with Gasteiger partial charge in [-0.2, -0.15) is 0 Å². The van der Waals surface area contributed by atoms with Gasteiger partial charge in [0.2, 0.25) is 0 Å². The third-order valence-electron chi connectivity index (χ3n) is 3.99. The number of rotatable bonds is 7. The molecule has 110 valence electrons. The molecule has 0 aliphatic heterocycles. The molecule has 1 N–H and O–H groups in total. The minimum absolute atomic E-state index is 0.667. The van der Waals surface area contributed by atoms with Crippen LogP contribution in [0.5, 0.6) is 0 Å². The Bertz CT molecular complexity index is 572. The predicted molar refractivity (Wildman–Crippen MR) is 87.5 cm³/mol. The van der Waals surface area contributed by atoms with Crippen molar-refractivity contribution in [2.75, 3.05) is 11.9 Å². The van der Waals surface area contributed by atoms with Gasteiger partial charge in [-0.1, -0.05) is 42.5 Å². The van der Waals surface area contributed by atoms with Crippen molar-refractivity contribution in [1.29, 1.82) is 0 Å². The molecule has 0 bridgehead atoms. The van der Waals surface area contributed by atoms with Crippen molar-refractivity contribution in [2.24, 2.45) is 0 Å². The lowest BCUT2D eigenvalue weighted by Crippen LogP contribution is -2.03. The van der Waals surface area contributed by atoms with Crippen LogP contribution in [0.25, 0.3) is 0 Å². The zero-order valence-corrected chi connectivity index (χ0v) is 12.6. The van der Waals surface area contributed by atoms with E-state index in [1.807, 2.05) is 6.92 Å². The zero-order chi connectivity index (χ0) is 14.5. The first-order valence-corrected chi connectivity index (χ1v) is 7.85. The molecule has 3 rings (SSSR count). The van der Waals surface area contributed by atoms with Crippen LogP contribution in [0.3, 0.4) is 0 Å². The van der Waals surface area contributed by atoms with Crippen LogP contribution in [-0.4, -0.2) is 6.61 Å². The summed E-state index contributed by atoms with van der Waals surface area (Å²) in [5.41, 5.74) is 5.20. The van der Waals surface area contributed by atoms with Gasteiger partial charge in [-0.15, -0.1) is 0 Å². The Balaban J connectivity index is 1.61. The number of anilines is 1. The lowest BCUT2D eigenvalue weighted by molar-refractivity contribution is 0.134. The summed E-state index contributed by atoms with van der Waals surface area (Å²) in [6.45, 7) is 4.29. The molecule has 2 heteroatoms. The SMILES string of the molecule is CCOCc1ccccc1NCc1ccc(C2CC2)cc1. The molecule has 2 nitrogen and oxygen atoms in total. The third kappa shape index (κ3) is 3.85. The standard InChI is InChI=1S/C19H23NO/c1-2-21-14-18-5-3-4-6-19(18)20-13-15-7-9-16(10-8-15)17-11-12-17/h3-10,17,20H,2,11-14H2,1H3. The maximum Gasteiger partial charge on any atom is 0.0736 e. The molecule has 2 aromatic carbocycles. The van der Waals surface area contributed by atoms with E-state index in [1.54, 1.807) is 0 Å². The number of hydrogen-bond acceptors (Lipinski definition) is 2. The number of hydrogen-bond donors (Lipinski definition) is 1. The average molecular weight is 281 g/mol. The van der Waals surface area contributed by atoms with Crippen molar-refractivity contribution >= 4 is 5.69 Å². The van der Waals surface area contributed by atoms with Gasteiger partial charge in [0.25, 0.3) is 0 Å². The van der Waals surface area contributed by atoms with E-state index >= 15 is 0 Å². The van der Waals surface area contributed by atoms with Crippen LogP contribution < -0.4 is 5.32 Å². The predicted octanol–water partition coefficient (Wildman–Crippen LogP) is 4.71. The molecule has 21 heavy (non-hydrogen) atoms. The van der Waals surface area contributed by atoms with E-state index in [-0.39, 0.29) is 0 Å². The van der Waals surface area contributed by atoms with Gasteiger partial charge in [0.1, 0.15) is 0 Å². The highest BCUT2D eigenvalue weighted by atomic mass is 16.5. The van der Waals surface area contributed by atoms with Crippen LogP contribution in [0.15, 0.2) is 48.5 Å². The van der Waals surface area contributed by atoms with Crippen LogP contribution in [0, 0.1) is 0 Å². The summed E-state index contributed by atoms with van der Waals surface area (Å²) in [4.78, 5) is 0. The fourth-order valence-corrected chi connectivity index (χ4v) is 2.55. The Morgan fingerprint density at radius 2 is 1.81 bits per heavy atom. The zero-order valence-electron chi connectivity index (χ0n) is 12.6. The van der Waals surface area contributed by atoms with Crippen LogP contribution in [0.2, 0.25) is 0 Å². The van der Waals surface area contributed by atoms with Gasteiger partial charge in [-0.25, -0.2) is 0 Å². The van der Waals surface area contributed by atoms with Gasteiger partial charge in [0, 0.05) is 24.4 Å². The van der Waals surface area contributed by atoms with E-state index in [9.17, 15) is 0 Å². The molecule has 0 amide bonds. The van der Waals surface area contributed by atoms with Crippen LogP contribution in [-0.2, 0) is 17.9 Å². The summed E-state index contributed by atoms with van der Waals surface area (Å²) in [7, 11) is 0. The summed E-state index contributed by atoms with van der Waals surface area (Å²) in [6.07, 6.45) is 2.73. The highest BCUT2D eigenvalue weighted by molar-refractivity contribution is 5.51.